The van der Waals surface area contributed by atoms with E-state index < -0.39 is 26.2 Å². The van der Waals surface area contributed by atoms with Crippen molar-refractivity contribution in [2.45, 2.75) is 5.51 Å². The van der Waals surface area contributed by atoms with Gasteiger partial charge in [0.1, 0.15) is 4.91 Å². The van der Waals surface area contributed by atoms with E-state index in [0.717, 1.165) is 0 Å². The summed E-state index contributed by atoms with van der Waals surface area (Å²) in [6.45, 7) is 2.41. The van der Waals surface area contributed by atoms with Gasteiger partial charge in [-0.2, -0.15) is 13.2 Å². The Bertz CT molecular complexity index is 315. The van der Waals surface area contributed by atoms with Crippen molar-refractivity contribution < 1.29 is 26.4 Å². The molecule has 0 radical (unpaired) electrons. The summed E-state index contributed by atoms with van der Waals surface area (Å²) < 4.78 is 55.3. The van der Waals surface area contributed by atoms with E-state index in [4.69, 9.17) is 0 Å². The van der Waals surface area contributed by atoms with Crippen molar-refractivity contribution in [2.24, 2.45) is 5.73 Å². The number of hydrogen-bond donors (Lipinski definition) is 1. The van der Waals surface area contributed by atoms with Gasteiger partial charge in [0.2, 0.25) is 0 Å². The lowest BCUT2D eigenvalue weighted by molar-refractivity contribution is -0.114. The van der Waals surface area contributed by atoms with Gasteiger partial charge in [-0.15, -0.1) is 0 Å². The first-order valence-electron chi connectivity index (χ1n) is 2.40. The minimum absolute atomic E-state index is 1.66. The Morgan fingerprint density at radius 2 is 1.67 bits per heavy atom. The predicted octanol–water partition coefficient (Wildman–Crippen LogP) is -0.0800. The average Bonchev–Trinajstić information content (AvgIpc) is 1.83. The third-order valence-corrected chi connectivity index (χ3v) is 2.36. The SMILES string of the molecule is C=C(C(N)=O)S(=O)(=O)C(F)(F)F. The first-order valence-corrected chi connectivity index (χ1v) is 3.89. The lowest BCUT2D eigenvalue weighted by Crippen LogP contribution is -2.30. The summed E-state index contributed by atoms with van der Waals surface area (Å²) in [5.41, 5.74) is -1.23. The number of carbonyl (C=O) groups is 1. The van der Waals surface area contributed by atoms with Crippen LogP contribution in [0.2, 0.25) is 0 Å². The summed E-state index contributed by atoms with van der Waals surface area (Å²) >= 11 is 0. The smallest absolute Gasteiger partial charge is 0.365 e. The van der Waals surface area contributed by atoms with Gasteiger partial charge in [0.25, 0.3) is 15.7 Å². The van der Waals surface area contributed by atoms with Crippen LogP contribution in [0.15, 0.2) is 11.5 Å². The van der Waals surface area contributed by atoms with E-state index in [-0.39, 0.29) is 0 Å². The van der Waals surface area contributed by atoms with Gasteiger partial charge in [0.05, 0.1) is 0 Å². The maximum Gasteiger partial charge on any atom is 0.502 e. The van der Waals surface area contributed by atoms with Crippen molar-refractivity contribution in [3.05, 3.63) is 11.5 Å². The summed E-state index contributed by atoms with van der Waals surface area (Å²) in [7, 11) is -5.64. The molecular weight excluding hydrogens is 199 g/mol. The minimum Gasteiger partial charge on any atom is -0.365 e. The van der Waals surface area contributed by atoms with E-state index in [0.29, 0.717) is 0 Å². The number of primary amides is 1. The van der Waals surface area contributed by atoms with Crippen molar-refractivity contribution >= 4 is 15.7 Å². The van der Waals surface area contributed by atoms with E-state index in [1.54, 1.807) is 0 Å². The molecule has 0 aromatic carbocycles. The van der Waals surface area contributed by atoms with Crippen LogP contribution in [-0.4, -0.2) is 19.8 Å². The van der Waals surface area contributed by atoms with Crippen molar-refractivity contribution in [1.82, 2.24) is 0 Å². The van der Waals surface area contributed by atoms with Gasteiger partial charge < -0.3 is 5.73 Å². The molecular formula is C4H4F3NO3S. The number of carbonyl (C=O) groups excluding carboxylic acids is 1. The van der Waals surface area contributed by atoms with Crippen LogP contribution in [0.1, 0.15) is 0 Å². The molecule has 0 bridgehead atoms. The Kier molecular flexibility index (Phi) is 2.53. The summed E-state index contributed by atoms with van der Waals surface area (Å²) in [4.78, 5) is 8.38. The zero-order valence-electron chi connectivity index (χ0n) is 5.55. The predicted molar refractivity (Wildman–Crippen MR) is 33.3 cm³/mol. The molecule has 0 rings (SSSR count). The quantitative estimate of drug-likeness (QED) is 0.637. The minimum atomic E-state index is -5.64. The second-order valence-electron chi connectivity index (χ2n) is 1.74. The maximum atomic E-state index is 11.6. The summed E-state index contributed by atoms with van der Waals surface area (Å²) in [6.07, 6.45) is 0. The molecule has 0 aliphatic carbocycles. The number of nitrogens with two attached hydrogens (primary N) is 1. The van der Waals surface area contributed by atoms with E-state index in [1.807, 2.05) is 0 Å². The summed E-state index contributed by atoms with van der Waals surface area (Å²) in [5, 5.41) is 0. The third kappa shape index (κ3) is 1.76. The fraction of sp³-hybridized carbons (Fsp3) is 0.250. The molecule has 1 amide bonds. The average molecular weight is 203 g/mol. The molecule has 0 aliphatic heterocycles. The molecule has 0 heterocycles. The van der Waals surface area contributed by atoms with Crippen molar-refractivity contribution in [1.29, 1.82) is 0 Å². The fourth-order valence-electron chi connectivity index (χ4n) is 0.272. The monoisotopic (exact) mass is 203 g/mol. The molecule has 12 heavy (non-hydrogen) atoms. The van der Waals surface area contributed by atoms with Crippen molar-refractivity contribution in [3.8, 4) is 0 Å². The van der Waals surface area contributed by atoms with Crippen LogP contribution in [0.25, 0.3) is 0 Å². The maximum absolute atomic E-state index is 11.6. The zero-order chi connectivity index (χ0) is 10.2. The summed E-state index contributed by atoms with van der Waals surface area (Å²) in [6, 6.07) is 0. The van der Waals surface area contributed by atoms with E-state index in [1.165, 1.54) is 0 Å². The highest BCUT2D eigenvalue weighted by Crippen LogP contribution is 2.28. The van der Waals surface area contributed by atoms with Crippen LogP contribution in [0, 0.1) is 0 Å². The largest absolute Gasteiger partial charge is 0.502 e. The Labute approximate surface area is 65.8 Å². The molecule has 2 N–H and O–H groups in total. The normalized spacial score (nSPS) is 12.6. The van der Waals surface area contributed by atoms with Gasteiger partial charge in [-0.05, 0) is 0 Å². The molecule has 70 valence electrons. The standard InChI is InChI=1S/C4H4F3NO3S/c1-2(3(8)9)12(10,11)4(5,6)7/h1H2,(H2,8,9). The van der Waals surface area contributed by atoms with Gasteiger partial charge in [0.15, 0.2) is 0 Å². The number of sulfone groups is 1. The molecule has 0 aliphatic rings. The molecule has 0 spiro atoms. The lowest BCUT2D eigenvalue weighted by Gasteiger charge is -2.06. The van der Waals surface area contributed by atoms with Gasteiger partial charge in [-0.1, -0.05) is 6.58 Å². The Morgan fingerprint density at radius 1 is 1.33 bits per heavy atom. The van der Waals surface area contributed by atoms with Crippen LogP contribution in [0.4, 0.5) is 13.2 Å². The zero-order valence-corrected chi connectivity index (χ0v) is 6.37. The van der Waals surface area contributed by atoms with E-state index in [9.17, 15) is 26.4 Å². The van der Waals surface area contributed by atoms with Crippen LogP contribution in [0.3, 0.4) is 0 Å². The summed E-state index contributed by atoms with van der Waals surface area (Å²) in [5.74, 6) is -1.72. The number of rotatable bonds is 2. The Hall–Kier alpha value is -1.05. The third-order valence-electron chi connectivity index (χ3n) is 0.904. The molecule has 4 nitrogen and oxygen atoms in total. The van der Waals surface area contributed by atoms with Gasteiger partial charge in [-0.3, -0.25) is 4.79 Å². The molecule has 0 aromatic heterocycles. The Morgan fingerprint density at radius 3 is 1.75 bits per heavy atom. The number of amides is 1. The number of alkyl halides is 3. The Balaban J connectivity index is 5.18. The topological polar surface area (TPSA) is 77.2 Å². The van der Waals surface area contributed by atoms with Crippen molar-refractivity contribution in [2.75, 3.05) is 0 Å². The molecule has 8 heteroatoms. The number of hydrogen-bond acceptors (Lipinski definition) is 3. The second-order valence-corrected chi connectivity index (χ2v) is 3.70. The lowest BCUT2D eigenvalue weighted by atomic mass is 10.6. The fourth-order valence-corrected chi connectivity index (χ4v) is 0.816. The first-order chi connectivity index (χ1) is 5.10. The van der Waals surface area contributed by atoms with Gasteiger partial charge in [-0.25, -0.2) is 8.42 Å². The van der Waals surface area contributed by atoms with Gasteiger partial charge in [0, 0.05) is 0 Å². The first kappa shape index (κ1) is 11.0. The van der Waals surface area contributed by atoms with Gasteiger partial charge >= 0.3 is 5.51 Å². The van der Waals surface area contributed by atoms with Crippen molar-refractivity contribution in [3.63, 3.8) is 0 Å². The highest BCUT2D eigenvalue weighted by atomic mass is 32.2. The highest BCUT2D eigenvalue weighted by Gasteiger charge is 2.49. The van der Waals surface area contributed by atoms with Crippen LogP contribution in [-0.2, 0) is 14.6 Å². The second kappa shape index (κ2) is 2.77. The highest BCUT2D eigenvalue weighted by molar-refractivity contribution is 7.97. The molecule has 0 aromatic rings. The number of halogens is 3. The molecule has 0 unspecified atom stereocenters. The molecule has 0 atom stereocenters. The molecule has 0 saturated heterocycles. The molecule has 0 fully saturated rings. The molecule has 0 saturated carbocycles. The van der Waals surface area contributed by atoms with Crippen LogP contribution >= 0.6 is 0 Å². The van der Waals surface area contributed by atoms with E-state index in [2.05, 4.69) is 12.3 Å². The van der Waals surface area contributed by atoms with Crippen LogP contribution < -0.4 is 5.73 Å². The van der Waals surface area contributed by atoms with Crippen LogP contribution in [0.5, 0.6) is 0 Å². The van der Waals surface area contributed by atoms with E-state index >= 15 is 0 Å².